The Balaban J connectivity index is 2.44. The molecule has 0 aliphatic carbocycles. The molecular weight excluding hydrogens is 112 g/mol. The molecule has 1 heterocycles. The van der Waals surface area contributed by atoms with E-state index in [0.717, 1.165) is 18.8 Å². The zero-order valence-electron chi connectivity index (χ0n) is 6.24. The third-order valence-electron chi connectivity index (χ3n) is 1.75. The first-order chi connectivity index (χ1) is 4.10. The van der Waals surface area contributed by atoms with Crippen LogP contribution in [0.1, 0.15) is 26.7 Å². The van der Waals surface area contributed by atoms with Crippen molar-refractivity contribution in [1.82, 2.24) is 0 Å². The van der Waals surface area contributed by atoms with Crippen LogP contribution in [0, 0.1) is 5.41 Å². The van der Waals surface area contributed by atoms with Crippen LogP contribution in [0.4, 0.5) is 0 Å². The fourth-order valence-corrected chi connectivity index (χ4v) is 0.920. The van der Waals surface area contributed by atoms with Crippen LogP contribution >= 0.6 is 0 Å². The summed E-state index contributed by atoms with van der Waals surface area (Å²) in [6.45, 7) is 9.04. The summed E-state index contributed by atoms with van der Waals surface area (Å²) in [6, 6.07) is 0. The van der Waals surface area contributed by atoms with E-state index in [1.165, 1.54) is 6.42 Å². The van der Waals surface area contributed by atoms with Crippen LogP contribution in [0.3, 0.4) is 0 Å². The quantitative estimate of drug-likeness (QED) is 0.484. The van der Waals surface area contributed by atoms with Crippen molar-refractivity contribution in [2.24, 2.45) is 5.41 Å². The van der Waals surface area contributed by atoms with Gasteiger partial charge >= 0.3 is 0 Å². The van der Waals surface area contributed by atoms with E-state index in [1.807, 2.05) is 0 Å². The molecule has 0 unspecified atom stereocenters. The lowest BCUT2D eigenvalue weighted by molar-refractivity contribution is 0.0647. The van der Waals surface area contributed by atoms with Crippen molar-refractivity contribution in [2.75, 3.05) is 6.61 Å². The minimum Gasteiger partial charge on any atom is -0.498 e. The van der Waals surface area contributed by atoms with Gasteiger partial charge in [0.1, 0.15) is 0 Å². The highest BCUT2D eigenvalue weighted by atomic mass is 16.5. The normalized spacial score (nSPS) is 25.3. The van der Waals surface area contributed by atoms with E-state index in [4.69, 9.17) is 4.74 Å². The molecule has 1 aliphatic rings. The summed E-state index contributed by atoms with van der Waals surface area (Å²) in [5.74, 6) is 0.953. The highest BCUT2D eigenvalue weighted by Crippen LogP contribution is 2.30. The highest BCUT2D eigenvalue weighted by Gasteiger charge is 2.23. The summed E-state index contributed by atoms with van der Waals surface area (Å²) in [5.41, 5.74) is 0.376. The van der Waals surface area contributed by atoms with Gasteiger partial charge in [-0.25, -0.2) is 0 Å². The molecule has 0 spiro atoms. The molecule has 0 radical (unpaired) electrons. The van der Waals surface area contributed by atoms with Gasteiger partial charge in [-0.3, -0.25) is 0 Å². The first kappa shape index (κ1) is 6.66. The monoisotopic (exact) mass is 126 g/mol. The van der Waals surface area contributed by atoms with E-state index in [-0.39, 0.29) is 0 Å². The summed E-state index contributed by atoms with van der Waals surface area (Å²) >= 11 is 0. The van der Waals surface area contributed by atoms with Crippen LogP contribution in [0.2, 0.25) is 0 Å². The van der Waals surface area contributed by atoms with Crippen LogP contribution in [0.5, 0.6) is 0 Å². The molecule has 0 amide bonds. The Labute approximate surface area is 56.7 Å². The Kier molecular flexibility index (Phi) is 1.52. The van der Waals surface area contributed by atoms with Gasteiger partial charge in [0.2, 0.25) is 0 Å². The van der Waals surface area contributed by atoms with Gasteiger partial charge in [-0.15, -0.1) is 0 Å². The van der Waals surface area contributed by atoms with Crippen LogP contribution < -0.4 is 0 Å². The summed E-state index contributed by atoms with van der Waals surface area (Å²) < 4.78 is 5.30. The third kappa shape index (κ3) is 1.74. The second kappa shape index (κ2) is 2.05. The summed E-state index contributed by atoms with van der Waals surface area (Å²) in [7, 11) is 0. The van der Waals surface area contributed by atoms with E-state index in [1.54, 1.807) is 0 Å². The zero-order valence-corrected chi connectivity index (χ0v) is 6.24. The van der Waals surface area contributed by atoms with E-state index in [9.17, 15) is 0 Å². The first-order valence-electron chi connectivity index (χ1n) is 3.41. The molecule has 9 heavy (non-hydrogen) atoms. The lowest BCUT2D eigenvalue weighted by Crippen LogP contribution is -2.23. The minimum atomic E-state index is 0.376. The summed E-state index contributed by atoms with van der Waals surface area (Å²) in [4.78, 5) is 0. The van der Waals surface area contributed by atoms with Gasteiger partial charge in [0.05, 0.1) is 12.4 Å². The average Bonchev–Trinajstić information content (AvgIpc) is 1.78. The summed E-state index contributed by atoms with van der Waals surface area (Å²) in [6.07, 6.45) is 2.25. The Morgan fingerprint density at radius 2 is 2.22 bits per heavy atom. The average molecular weight is 126 g/mol. The Morgan fingerprint density at radius 3 is 2.56 bits per heavy atom. The number of hydrogen-bond donors (Lipinski definition) is 0. The molecule has 1 aliphatic heterocycles. The van der Waals surface area contributed by atoms with Gasteiger partial charge in [0.25, 0.3) is 0 Å². The lowest BCUT2D eigenvalue weighted by Gasteiger charge is -2.30. The lowest BCUT2D eigenvalue weighted by atomic mass is 9.87. The zero-order chi connectivity index (χ0) is 6.91. The van der Waals surface area contributed by atoms with Crippen molar-refractivity contribution in [3.63, 3.8) is 0 Å². The minimum absolute atomic E-state index is 0.376. The first-order valence-corrected chi connectivity index (χ1v) is 3.41. The van der Waals surface area contributed by atoms with Gasteiger partial charge in [0.15, 0.2) is 0 Å². The molecule has 1 saturated heterocycles. The van der Waals surface area contributed by atoms with Crippen molar-refractivity contribution in [3.05, 3.63) is 12.3 Å². The molecule has 1 nitrogen and oxygen atoms in total. The Morgan fingerprint density at radius 1 is 1.56 bits per heavy atom. The molecule has 0 N–H and O–H groups in total. The van der Waals surface area contributed by atoms with Crippen molar-refractivity contribution < 1.29 is 4.74 Å². The van der Waals surface area contributed by atoms with Crippen LogP contribution in [0.15, 0.2) is 12.3 Å². The molecule has 52 valence electrons. The van der Waals surface area contributed by atoms with Gasteiger partial charge < -0.3 is 4.74 Å². The van der Waals surface area contributed by atoms with Crippen molar-refractivity contribution in [2.45, 2.75) is 26.7 Å². The smallest absolute Gasteiger partial charge is 0.0928 e. The van der Waals surface area contributed by atoms with E-state index < -0.39 is 0 Å². The second-order valence-electron chi connectivity index (χ2n) is 3.49. The van der Waals surface area contributed by atoms with Crippen molar-refractivity contribution in [1.29, 1.82) is 0 Å². The molecule has 1 fully saturated rings. The molecule has 0 atom stereocenters. The maximum Gasteiger partial charge on any atom is 0.0928 e. The fraction of sp³-hybridized carbons (Fsp3) is 0.750. The highest BCUT2D eigenvalue weighted by molar-refractivity contribution is 4.90. The fourth-order valence-electron chi connectivity index (χ4n) is 0.920. The number of rotatable bonds is 0. The van der Waals surface area contributed by atoms with Gasteiger partial charge in [-0.2, -0.15) is 0 Å². The summed E-state index contributed by atoms with van der Waals surface area (Å²) in [5, 5.41) is 0. The SMILES string of the molecule is C=C1CCC(C)(C)CO1. The van der Waals surface area contributed by atoms with Gasteiger partial charge in [0, 0.05) is 6.42 Å². The molecule has 0 bridgehead atoms. The maximum absolute atomic E-state index is 5.30. The second-order valence-corrected chi connectivity index (χ2v) is 3.49. The molecule has 0 aromatic carbocycles. The topological polar surface area (TPSA) is 9.23 Å². The predicted molar refractivity (Wildman–Crippen MR) is 38.1 cm³/mol. The maximum atomic E-state index is 5.30. The molecule has 0 aromatic heterocycles. The van der Waals surface area contributed by atoms with Crippen molar-refractivity contribution >= 4 is 0 Å². The van der Waals surface area contributed by atoms with Crippen LogP contribution in [0.25, 0.3) is 0 Å². The molecule has 1 rings (SSSR count). The van der Waals surface area contributed by atoms with E-state index in [2.05, 4.69) is 20.4 Å². The number of allylic oxidation sites excluding steroid dienone is 1. The standard InChI is InChI=1S/C8H14O/c1-7-4-5-8(2,3)6-9-7/h1,4-6H2,2-3H3. The molecule has 0 aromatic rings. The Hall–Kier alpha value is -0.460. The van der Waals surface area contributed by atoms with E-state index in [0.29, 0.717) is 5.41 Å². The number of hydrogen-bond acceptors (Lipinski definition) is 1. The van der Waals surface area contributed by atoms with Crippen molar-refractivity contribution in [3.8, 4) is 0 Å². The predicted octanol–water partition coefficient (Wildman–Crippen LogP) is 2.34. The van der Waals surface area contributed by atoms with Crippen LogP contribution in [-0.4, -0.2) is 6.61 Å². The number of ether oxygens (including phenoxy) is 1. The van der Waals surface area contributed by atoms with Gasteiger partial charge in [-0.1, -0.05) is 20.4 Å². The van der Waals surface area contributed by atoms with Gasteiger partial charge in [-0.05, 0) is 11.8 Å². The Bertz CT molecular complexity index is 113. The molecular formula is C8H14O. The van der Waals surface area contributed by atoms with E-state index >= 15 is 0 Å². The third-order valence-corrected chi connectivity index (χ3v) is 1.75. The largest absolute Gasteiger partial charge is 0.498 e. The van der Waals surface area contributed by atoms with Crippen LogP contribution in [-0.2, 0) is 4.74 Å². The molecule has 0 saturated carbocycles. The molecule has 1 heteroatoms.